The van der Waals surface area contributed by atoms with Crippen LogP contribution in [0.4, 0.5) is 0 Å². The van der Waals surface area contributed by atoms with Gasteiger partial charge in [0.05, 0.1) is 12.0 Å². The number of nitrogens with zero attached hydrogens (tertiary/aromatic N) is 1. The van der Waals surface area contributed by atoms with Crippen LogP contribution in [0.3, 0.4) is 0 Å². The lowest BCUT2D eigenvalue weighted by molar-refractivity contribution is -0.216. The molecule has 0 unspecified atom stereocenters. The van der Waals surface area contributed by atoms with Gasteiger partial charge in [0.2, 0.25) is 0 Å². The zero-order valence-corrected chi connectivity index (χ0v) is 27.3. The highest BCUT2D eigenvalue weighted by atomic mass is 16.6. The summed E-state index contributed by atoms with van der Waals surface area (Å²) in [5.74, 6) is -2.88. The van der Waals surface area contributed by atoms with Crippen molar-refractivity contribution in [3.8, 4) is 0 Å². The van der Waals surface area contributed by atoms with Crippen LogP contribution in [0.15, 0.2) is 64.4 Å². The summed E-state index contributed by atoms with van der Waals surface area (Å²) in [6.07, 6.45) is 14.7. The number of aromatic nitrogens is 1. The van der Waals surface area contributed by atoms with Gasteiger partial charge in [-0.1, -0.05) is 50.3 Å². The van der Waals surface area contributed by atoms with Gasteiger partial charge in [0.1, 0.15) is 35.9 Å². The molecular formula is C35H47NO9. The quantitative estimate of drug-likeness (QED) is 0.137. The third-order valence-corrected chi connectivity index (χ3v) is 9.25. The number of carbonyl (C=O) groups excluding carboxylic acids is 2. The lowest BCUT2D eigenvalue weighted by atomic mass is 9.83. The largest absolute Gasteiger partial charge is 0.462 e. The second-order valence-corrected chi connectivity index (χ2v) is 12.7. The number of allylic oxidation sites excluding steroid dienone is 5. The van der Waals surface area contributed by atoms with Gasteiger partial charge in [-0.15, -0.1) is 0 Å². The van der Waals surface area contributed by atoms with Crippen LogP contribution in [0, 0.1) is 24.7 Å². The van der Waals surface area contributed by atoms with Gasteiger partial charge < -0.3 is 33.6 Å². The first-order chi connectivity index (χ1) is 21.2. The average Bonchev–Trinajstić information content (AvgIpc) is 3.50. The third kappa shape index (κ3) is 8.49. The maximum atomic E-state index is 13.1. The van der Waals surface area contributed by atoms with E-state index < -0.39 is 35.5 Å². The second-order valence-electron chi connectivity index (χ2n) is 12.7. The Labute approximate surface area is 265 Å². The van der Waals surface area contributed by atoms with Gasteiger partial charge in [0.15, 0.2) is 11.7 Å². The number of aliphatic hydroxyl groups is 2. The van der Waals surface area contributed by atoms with E-state index in [1.54, 1.807) is 52.2 Å². The number of ether oxygens (including phenoxy) is 4. The van der Waals surface area contributed by atoms with Crippen molar-refractivity contribution in [2.75, 3.05) is 7.11 Å². The number of hydrogen-bond donors (Lipinski definition) is 2. The van der Waals surface area contributed by atoms with Crippen molar-refractivity contribution in [2.24, 2.45) is 17.8 Å². The fraction of sp³-hybridized carbons (Fsp3) is 0.571. The van der Waals surface area contributed by atoms with Crippen LogP contribution in [-0.2, 0) is 28.5 Å². The first-order valence-corrected chi connectivity index (χ1v) is 15.6. The molecule has 4 heterocycles. The molecule has 0 aliphatic carbocycles. The Kier molecular flexibility index (Phi) is 11.1. The van der Waals surface area contributed by atoms with E-state index in [2.05, 4.69) is 4.98 Å². The van der Waals surface area contributed by atoms with Crippen LogP contribution in [-0.4, -0.2) is 70.0 Å². The van der Waals surface area contributed by atoms with E-state index in [1.807, 2.05) is 38.2 Å². The van der Waals surface area contributed by atoms with E-state index in [4.69, 9.17) is 23.4 Å². The molecule has 10 nitrogen and oxygen atoms in total. The molecule has 2 fully saturated rings. The number of fused-ring (bicyclic) bond motifs is 3. The van der Waals surface area contributed by atoms with Crippen LogP contribution in [0.25, 0.3) is 6.08 Å². The van der Waals surface area contributed by atoms with Crippen LogP contribution < -0.4 is 0 Å². The van der Waals surface area contributed by atoms with E-state index in [0.717, 1.165) is 5.57 Å². The zero-order chi connectivity index (χ0) is 32.9. The molecule has 1 aromatic rings. The minimum atomic E-state index is -1.82. The van der Waals surface area contributed by atoms with Crippen molar-refractivity contribution in [1.82, 2.24) is 4.98 Å². The van der Waals surface area contributed by atoms with Crippen molar-refractivity contribution in [1.29, 1.82) is 0 Å². The van der Waals surface area contributed by atoms with E-state index >= 15 is 0 Å². The predicted octanol–water partition coefficient (Wildman–Crippen LogP) is 5.15. The van der Waals surface area contributed by atoms with Crippen molar-refractivity contribution >= 4 is 18.0 Å². The van der Waals surface area contributed by atoms with E-state index in [-0.39, 0.29) is 42.9 Å². The highest BCUT2D eigenvalue weighted by Crippen LogP contribution is 2.44. The van der Waals surface area contributed by atoms with Gasteiger partial charge >= 0.3 is 11.9 Å². The minimum Gasteiger partial charge on any atom is -0.462 e. The van der Waals surface area contributed by atoms with Crippen LogP contribution in [0.2, 0.25) is 0 Å². The normalized spacial score (nSPS) is 35.1. The lowest BCUT2D eigenvalue weighted by Crippen LogP contribution is -2.48. The molecule has 10 heteroatoms. The molecule has 1 aromatic heterocycles. The van der Waals surface area contributed by atoms with Gasteiger partial charge in [-0.2, -0.15) is 0 Å². The predicted molar refractivity (Wildman–Crippen MR) is 167 cm³/mol. The molecule has 0 saturated carbocycles. The monoisotopic (exact) mass is 625 g/mol. The molecule has 0 amide bonds. The third-order valence-electron chi connectivity index (χ3n) is 9.25. The van der Waals surface area contributed by atoms with E-state index in [0.29, 0.717) is 30.0 Å². The highest BCUT2D eigenvalue weighted by molar-refractivity contribution is 5.82. The van der Waals surface area contributed by atoms with Gasteiger partial charge in [-0.3, -0.25) is 4.79 Å². The number of aryl methyl sites for hydroxylation is 1. The Morgan fingerprint density at radius 2 is 1.98 bits per heavy atom. The summed E-state index contributed by atoms with van der Waals surface area (Å²) in [7, 11) is 1.39. The molecule has 9 atom stereocenters. The Bertz CT molecular complexity index is 1370. The molecule has 2 saturated heterocycles. The molecule has 45 heavy (non-hydrogen) atoms. The van der Waals surface area contributed by atoms with E-state index in [9.17, 15) is 19.8 Å². The number of cyclic esters (lactones) is 1. The maximum absolute atomic E-state index is 13.1. The van der Waals surface area contributed by atoms with Gasteiger partial charge in [0, 0.05) is 38.9 Å². The molecule has 3 aliphatic rings. The summed E-state index contributed by atoms with van der Waals surface area (Å²) in [5, 5.41) is 23.1. The van der Waals surface area contributed by atoms with E-state index in [1.165, 1.54) is 13.2 Å². The van der Waals surface area contributed by atoms with Gasteiger partial charge in [-0.25, -0.2) is 9.78 Å². The van der Waals surface area contributed by atoms with Crippen molar-refractivity contribution in [3.63, 3.8) is 0 Å². The van der Waals surface area contributed by atoms with Gasteiger partial charge in [-0.05, 0) is 56.8 Å². The standard InChI is InChI=1S/C35H47NO9/c1-21(16-27-20-42-25(5)36-27)10-8-11-23(3)35(40,41-7)24(4)29-19-30(37)34(6)31(45-34)15-14-22(2)28-17-26(18-33(39)43-28)12-9-13-32(38)44-29/h8-11,13-16,20,22,24,26,28-31,37,40H,12,17-19H2,1-7H3/b10-8+,13-9+,15-14+,21-16+,23-11+/t22-,24+,26-,28-,29+,30+,31-,34-,35+/m1/s1. The first-order valence-electron chi connectivity index (χ1n) is 15.6. The number of hydrogen-bond acceptors (Lipinski definition) is 10. The Balaban J connectivity index is 1.56. The smallest absolute Gasteiger partial charge is 0.330 e. The number of rotatable bonds is 7. The second kappa shape index (κ2) is 14.4. The van der Waals surface area contributed by atoms with Crippen molar-refractivity contribution in [3.05, 3.63) is 71.5 Å². The maximum Gasteiger partial charge on any atom is 0.330 e. The zero-order valence-electron chi connectivity index (χ0n) is 27.3. The number of methoxy groups -OCH3 is 1. The summed E-state index contributed by atoms with van der Waals surface area (Å²) < 4.78 is 28.3. The fourth-order valence-electron chi connectivity index (χ4n) is 6.06. The average molecular weight is 626 g/mol. The summed E-state index contributed by atoms with van der Waals surface area (Å²) in [4.78, 5) is 29.6. The topological polar surface area (TPSA) is 141 Å². The molecular weight excluding hydrogens is 578 g/mol. The molecule has 2 N–H and O–H groups in total. The first kappa shape index (κ1) is 34.6. The summed E-state index contributed by atoms with van der Waals surface area (Å²) in [6, 6.07) is 0. The van der Waals surface area contributed by atoms with Crippen LogP contribution in [0.1, 0.15) is 71.9 Å². The number of carbonyl (C=O) groups is 2. The molecule has 2 bridgehead atoms. The molecule has 246 valence electrons. The molecule has 4 rings (SSSR count). The summed E-state index contributed by atoms with van der Waals surface area (Å²) >= 11 is 0. The SMILES string of the molecule is CO[C@@](O)(/C(C)=C/C=C/C(C)=C/c1coc(C)n1)[C@@H](C)[C@@H]1C[C@H](O)[C@@]2(C)O[C@@H]2/C=C/[C@@H](C)[C@H]2C[C@@H](C/C=C/C(=O)O1)CC(=O)O2. The number of oxazole rings is 1. The molecule has 3 aliphatic heterocycles. The molecule has 0 aromatic carbocycles. The number of aliphatic hydroxyl groups excluding tert-OH is 1. The Morgan fingerprint density at radius 1 is 1.22 bits per heavy atom. The minimum absolute atomic E-state index is 0.00769. The van der Waals surface area contributed by atoms with Crippen LogP contribution >= 0.6 is 0 Å². The fourth-order valence-corrected chi connectivity index (χ4v) is 6.06. The molecule has 0 radical (unpaired) electrons. The summed E-state index contributed by atoms with van der Waals surface area (Å²) in [5.41, 5.74) is 1.19. The Morgan fingerprint density at radius 3 is 2.67 bits per heavy atom. The van der Waals surface area contributed by atoms with Crippen LogP contribution in [0.5, 0.6) is 0 Å². The summed E-state index contributed by atoms with van der Waals surface area (Å²) in [6.45, 7) is 10.9. The molecule has 0 spiro atoms. The highest BCUT2D eigenvalue weighted by Gasteiger charge is 2.57. The van der Waals surface area contributed by atoms with Crippen molar-refractivity contribution < 1.29 is 43.2 Å². The van der Waals surface area contributed by atoms with Crippen molar-refractivity contribution in [2.45, 2.75) is 103 Å². The number of esters is 2. The number of epoxide rings is 1. The lowest BCUT2D eigenvalue weighted by Gasteiger charge is -2.38. The van der Waals surface area contributed by atoms with Gasteiger partial charge in [0.25, 0.3) is 0 Å². The Hall–Kier alpha value is -3.31.